The van der Waals surface area contributed by atoms with Gasteiger partial charge in [-0.3, -0.25) is 10.1 Å². The molecule has 18 heavy (non-hydrogen) atoms. The molecule has 2 aromatic rings. The summed E-state index contributed by atoms with van der Waals surface area (Å²) in [4.78, 5) is 14.3. The first-order valence-electron chi connectivity index (χ1n) is 5.34. The Hall–Kier alpha value is -2.63. The largest absolute Gasteiger partial charge is 0.399 e. The fraction of sp³-hybridized carbons (Fsp3) is 0.0833. The van der Waals surface area contributed by atoms with Gasteiger partial charge >= 0.3 is 5.69 Å². The van der Waals surface area contributed by atoms with Gasteiger partial charge in [0.05, 0.1) is 4.92 Å². The van der Waals surface area contributed by atoms with E-state index >= 15 is 0 Å². The van der Waals surface area contributed by atoms with Crippen molar-refractivity contribution in [1.82, 2.24) is 4.98 Å². The maximum atomic E-state index is 10.8. The molecule has 0 saturated carbocycles. The van der Waals surface area contributed by atoms with E-state index in [1.165, 1.54) is 18.3 Å². The Morgan fingerprint density at radius 2 is 2.00 bits per heavy atom. The molecule has 3 N–H and O–H groups in total. The summed E-state index contributed by atoms with van der Waals surface area (Å²) in [5.41, 5.74) is 7.20. The number of aromatic nitrogens is 1. The number of nitro groups is 1. The number of nitrogens with one attached hydrogen (secondary N) is 1. The van der Waals surface area contributed by atoms with Crippen molar-refractivity contribution >= 4 is 17.2 Å². The van der Waals surface area contributed by atoms with Crippen molar-refractivity contribution in [2.45, 2.75) is 6.54 Å². The average Bonchev–Trinajstić information content (AvgIpc) is 2.38. The van der Waals surface area contributed by atoms with Gasteiger partial charge in [0.25, 0.3) is 0 Å². The summed E-state index contributed by atoms with van der Waals surface area (Å²) in [5, 5.41) is 13.7. The number of hydrogen-bond acceptors (Lipinski definition) is 5. The molecule has 0 radical (unpaired) electrons. The van der Waals surface area contributed by atoms with Crippen molar-refractivity contribution in [3.05, 3.63) is 58.3 Å². The monoisotopic (exact) mass is 244 g/mol. The maximum absolute atomic E-state index is 10.8. The van der Waals surface area contributed by atoms with Crippen LogP contribution in [0.5, 0.6) is 0 Å². The molecule has 0 aliphatic carbocycles. The van der Waals surface area contributed by atoms with E-state index in [-0.39, 0.29) is 11.5 Å². The van der Waals surface area contributed by atoms with Crippen molar-refractivity contribution in [3.63, 3.8) is 0 Å². The first kappa shape index (κ1) is 11.8. The van der Waals surface area contributed by atoms with E-state index in [2.05, 4.69) is 10.3 Å². The molecular weight excluding hydrogens is 232 g/mol. The third-order valence-corrected chi connectivity index (χ3v) is 2.42. The molecule has 0 atom stereocenters. The number of hydrogen-bond donors (Lipinski definition) is 2. The Morgan fingerprint density at radius 3 is 2.67 bits per heavy atom. The fourth-order valence-electron chi connectivity index (χ4n) is 1.50. The Kier molecular flexibility index (Phi) is 3.38. The van der Waals surface area contributed by atoms with E-state index in [4.69, 9.17) is 5.73 Å². The van der Waals surface area contributed by atoms with Crippen molar-refractivity contribution < 1.29 is 4.92 Å². The zero-order valence-electron chi connectivity index (χ0n) is 9.54. The summed E-state index contributed by atoms with van der Waals surface area (Å²) in [6.07, 6.45) is 1.51. The molecule has 0 saturated heterocycles. The van der Waals surface area contributed by atoms with Gasteiger partial charge in [0.15, 0.2) is 0 Å². The predicted octanol–water partition coefficient (Wildman–Crippen LogP) is 2.18. The summed E-state index contributed by atoms with van der Waals surface area (Å²) in [5.74, 6) is 0.263. The summed E-state index contributed by atoms with van der Waals surface area (Å²) in [6, 6.07) is 10.2. The molecular formula is C12H12N4O2. The number of pyridine rings is 1. The summed E-state index contributed by atoms with van der Waals surface area (Å²) in [6.45, 7) is 0.456. The maximum Gasteiger partial charge on any atom is 0.311 e. The Bertz CT molecular complexity index is 554. The smallest absolute Gasteiger partial charge is 0.311 e. The van der Waals surface area contributed by atoms with Crippen LogP contribution in [0.15, 0.2) is 42.6 Å². The van der Waals surface area contributed by atoms with Gasteiger partial charge in [0.1, 0.15) is 0 Å². The van der Waals surface area contributed by atoms with Crippen molar-refractivity contribution in [2.24, 2.45) is 0 Å². The molecule has 0 aliphatic heterocycles. The van der Waals surface area contributed by atoms with E-state index in [1.807, 2.05) is 12.1 Å². The first-order valence-corrected chi connectivity index (χ1v) is 5.34. The van der Waals surface area contributed by atoms with E-state index < -0.39 is 4.92 Å². The molecule has 92 valence electrons. The van der Waals surface area contributed by atoms with Crippen molar-refractivity contribution in [1.29, 1.82) is 0 Å². The first-order chi connectivity index (χ1) is 8.66. The minimum atomic E-state index is -0.460. The molecule has 2 rings (SSSR count). The van der Waals surface area contributed by atoms with Crippen LogP contribution in [-0.2, 0) is 6.54 Å². The molecule has 0 amide bonds. The second kappa shape index (κ2) is 5.13. The Balaban J connectivity index is 2.10. The lowest BCUT2D eigenvalue weighted by Crippen LogP contribution is -2.04. The van der Waals surface area contributed by atoms with Crippen LogP contribution in [0.25, 0.3) is 0 Å². The van der Waals surface area contributed by atoms with E-state index in [0.29, 0.717) is 12.2 Å². The van der Waals surface area contributed by atoms with Crippen LogP contribution in [-0.4, -0.2) is 9.91 Å². The van der Waals surface area contributed by atoms with Gasteiger partial charge in [-0.1, -0.05) is 12.1 Å². The fourth-order valence-corrected chi connectivity index (χ4v) is 1.50. The third kappa shape index (κ3) is 2.73. The van der Waals surface area contributed by atoms with Crippen LogP contribution in [0.4, 0.5) is 17.2 Å². The summed E-state index contributed by atoms with van der Waals surface area (Å²) >= 11 is 0. The lowest BCUT2D eigenvalue weighted by atomic mass is 10.2. The van der Waals surface area contributed by atoms with Gasteiger partial charge < -0.3 is 11.1 Å². The number of nitrogens with two attached hydrogens (primary N) is 1. The molecule has 0 bridgehead atoms. The molecule has 0 spiro atoms. The van der Waals surface area contributed by atoms with E-state index in [9.17, 15) is 10.1 Å². The second-order valence-electron chi connectivity index (χ2n) is 3.72. The van der Waals surface area contributed by atoms with Gasteiger partial charge in [-0.15, -0.1) is 0 Å². The Labute approximate surface area is 104 Å². The lowest BCUT2D eigenvalue weighted by Gasteiger charge is -2.06. The lowest BCUT2D eigenvalue weighted by molar-refractivity contribution is -0.384. The molecule has 6 heteroatoms. The molecule has 1 heterocycles. The second-order valence-corrected chi connectivity index (χ2v) is 3.72. The highest BCUT2D eigenvalue weighted by atomic mass is 16.6. The highest BCUT2D eigenvalue weighted by Crippen LogP contribution is 2.20. The van der Waals surface area contributed by atoms with Crippen molar-refractivity contribution in [2.75, 3.05) is 11.1 Å². The zero-order valence-corrected chi connectivity index (χ0v) is 9.54. The van der Waals surface area contributed by atoms with Gasteiger partial charge in [-0.05, 0) is 23.8 Å². The average molecular weight is 244 g/mol. The van der Waals surface area contributed by atoms with Crippen LogP contribution < -0.4 is 11.1 Å². The minimum Gasteiger partial charge on any atom is -0.399 e. The van der Waals surface area contributed by atoms with Crippen LogP contribution in [0.1, 0.15) is 5.56 Å². The summed E-state index contributed by atoms with van der Waals surface area (Å²) in [7, 11) is 0. The molecule has 1 aromatic carbocycles. The van der Waals surface area contributed by atoms with Crippen LogP contribution in [0.3, 0.4) is 0 Å². The molecule has 1 aromatic heterocycles. The number of rotatable bonds is 4. The molecule has 0 unspecified atom stereocenters. The molecule has 0 aliphatic rings. The van der Waals surface area contributed by atoms with E-state index in [1.54, 1.807) is 12.1 Å². The SMILES string of the molecule is Nc1ccc(CNc2ncccc2[N+](=O)[O-])cc1. The number of nitrogen functional groups attached to an aromatic ring is 1. The third-order valence-electron chi connectivity index (χ3n) is 2.42. The Morgan fingerprint density at radius 1 is 1.28 bits per heavy atom. The van der Waals surface area contributed by atoms with Gasteiger partial charge in [-0.25, -0.2) is 4.98 Å². The standard InChI is InChI=1S/C12H12N4O2/c13-10-5-3-9(4-6-10)8-15-12-11(16(17)18)2-1-7-14-12/h1-7H,8,13H2,(H,14,15). The minimum absolute atomic E-state index is 0.0343. The number of anilines is 2. The van der Waals surface area contributed by atoms with Crippen LogP contribution in [0.2, 0.25) is 0 Å². The zero-order chi connectivity index (χ0) is 13.0. The highest BCUT2D eigenvalue weighted by molar-refractivity contribution is 5.55. The quantitative estimate of drug-likeness (QED) is 0.488. The molecule has 6 nitrogen and oxygen atoms in total. The summed E-state index contributed by atoms with van der Waals surface area (Å²) < 4.78 is 0. The van der Waals surface area contributed by atoms with Gasteiger partial charge in [-0.2, -0.15) is 0 Å². The normalized spacial score (nSPS) is 10.0. The molecule has 0 fully saturated rings. The van der Waals surface area contributed by atoms with Crippen LogP contribution >= 0.6 is 0 Å². The van der Waals surface area contributed by atoms with E-state index in [0.717, 1.165) is 5.56 Å². The topological polar surface area (TPSA) is 94.1 Å². The predicted molar refractivity (Wildman–Crippen MR) is 69.1 cm³/mol. The highest BCUT2D eigenvalue weighted by Gasteiger charge is 2.13. The number of nitrogens with zero attached hydrogens (tertiary/aromatic N) is 2. The van der Waals surface area contributed by atoms with Gasteiger partial charge in [0.2, 0.25) is 5.82 Å². The van der Waals surface area contributed by atoms with Crippen LogP contribution in [0, 0.1) is 10.1 Å². The van der Waals surface area contributed by atoms with Crippen molar-refractivity contribution in [3.8, 4) is 0 Å². The van der Waals surface area contributed by atoms with Gasteiger partial charge in [0, 0.05) is 24.5 Å². The number of benzene rings is 1.